The Hall–Kier alpha value is -2.15. The highest BCUT2D eigenvalue weighted by Gasteiger charge is 2.14. The molecule has 2 aromatic carbocycles. The predicted octanol–water partition coefficient (Wildman–Crippen LogP) is 6.56. The molecule has 2 aromatic rings. The van der Waals surface area contributed by atoms with Crippen LogP contribution >= 0.6 is 0 Å². The molecule has 1 nitrogen and oxygen atoms in total. The van der Waals surface area contributed by atoms with Crippen LogP contribution in [-0.4, -0.2) is 6.29 Å². The van der Waals surface area contributed by atoms with E-state index in [-0.39, 0.29) is 5.41 Å². The third-order valence-electron chi connectivity index (χ3n) is 3.81. The van der Waals surface area contributed by atoms with E-state index in [4.69, 9.17) is 0 Å². The third-order valence-corrected chi connectivity index (χ3v) is 3.81. The second-order valence-electron chi connectivity index (χ2n) is 6.69. The summed E-state index contributed by atoms with van der Waals surface area (Å²) in [5, 5.41) is 0. The first-order chi connectivity index (χ1) is 11.4. The predicted molar refractivity (Wildman–Crippen MR) is 107 cm³/mol. The van der Waals surface area contributed by atoms with Crippen LogP contribution in [0.15, 0.2) is 42.5 Å². The first-order valence-corrected chi connectivity index (χ1v) is 8.80. The maximum Gasteiger partial charge on any atom is 0.150 e. The first kappa shape index (κ1) is 19.9. The Bertz CT molecular complexity index is 687. The summed E-state index contributed by atoms with van der Waals surface area (Å²) >= 11 is 0. The minimum atomic E-state index is 0.0315. The summed E-state index contributed by atoms with van der Waals surface area (Å²) < 4.78 is 0. The van der Waals surface area contributed by atoms with Crippen molar-refractivity contribution in [3.05, 3.63) is 70.3 Å². The molecule has 0 aliphatic rings. The number of carbonyl (C=O) groups is 1. The molecule has 0 saturated carbocycles. The summed E-state index contributed by atoms with van der Waals surface area (Å²) in [6, 6.07) is 14.6. The number of hydrogen-bond donors (Lipinski definition) is 0. The molecular formula is C23H30O. The van der Waals surface area contributed by atoms with Gasteiger partial charge in [0.05, 0.1) is 0 Å². The van der Waals surface area contributed by atoms with E-state index in [2.05, 4.69) is 70.2 Å². The third kappa shape index (κ3) is 5.81. The van der Waals surface area contributed by atoms with E-state index >= 15 is 0 Å². The van der Waals surface area contributed by atoms with Gasteiger partial charge in [0.15, 0.2) is 0 Å². The molecule has 0 radical (unpaired) electrons. The van der Waals surface area contributed by atoms with Crippen LogP contribution in [0.5, 0.6) is 0 Å². The standard InChI is InChI=1S/C21H24O.C2H6/c1-5-16-7-6-8-17(11-16)9-10-18-12-19(15-22)14-20(13-18)21(2,3)4;1-2/h6-15H,5H2,1-4H3;1-2H3/b10-9+;. The molecule has 0 amide bonds. The van der Waals surface area contributed by atoms with Gasteiger partial charge in [-0.2, -0.15) is 0 Å². The molecule has 2 rings (SSSR count). The zero-order valence-electron chi connectivity index (χ0n) is 15.9. The summed E-state index contributed by atoms with van der Waals surface area (Å²) in [5.41, 5.74) is 5.53. The van der Waals surface area contributed by atoms with Gasteiger partial charge in [0.1, 0.15) is 6.29 Å². The van der Waals surface area contributed by atoms with Crippen LogP contribution in [0.3, 0.4) is 0 Å². The van der Waals surface area contributed by atoms with Crippen LogP contribution in [-0.2, 0) is 11.8 Å². The Labute approximate surface area is 147 Å². The van der Waals surface area contributed by atoms with Crippen molar-refractivity contribution >= 4 is 18.4 Å². The first-order valence-electron chi connectivity index (χ1n) is 8.80. The van der Waals surface area contributed by atoms with E-state index in [0.717, 1.165) is 23.8 Å². The number of hydrogen-bond acceptors (Lipinski definition) is 1. The van der Waals surface area contributed by atoms with Crippen LogP contribution in [0.25, 0.3) is 12.2 Å². The number of benzene rings is 2. The maximum atomic E-state index is 11.2. The summed E-state index contributed by atoms with van der Waals surface area (Å²) in [6.45, 7) is 12.6. The van der Waals surface area contributed by atoms with Gasteiger partial charge in [-0.3, -0.25) is 4.79 Å². The Morgan fingerprint density at radius 1 is 0.875 bits per heavy atom. The lowest BCUT2D eigenvalue weighted by atomic mass is 9.85. The lowest BCUT2D eigenvalue weighted by Crippen LogP contribution is -2.11. The molecular weight excluding hydrogens is 292 g/mol. The van der Waals surface area contributed by atoms with Crippen LogP contribution < -0.4 is 0 Å². The van der Waals surface area contributed by atoms with Crippen molar-refractivity contribution in [2.45, 2.75) is 53.4 Å². The second kappa shape index (κ2) is 9.22. The summed E-state index contributed by atoms with van der Waals surface area (Å²) in [5.74, 6) is 0. The Kier molecular flexibility index (Phi) is 7.64. The molecule has 0 atom stereocenters. The van der Waals surface area contributed by atoms with Crippen LogP contribution in [0.2, 0.25) is 0 Å². The van der Waals surface area contributed by atoms with E-state index in [9.17, 15) is 4.79 Å². The van der Waals surface area contributed by atoms with Crippen molar-refractivity contribution in [2.75, 3.05) is 0 Å². The van der Waals surface area contributed by atoms with Gasteiger partial charge in [0.25, 0.3) is 0 Å². The van der Waals surface area contributed by atoms with Crippen molar-refractivity contribution in [1.29, 1.82) is 0 Å². The van der Waals surface area contributed by atoms with Gasteiger partial charge >= 0.3 is 0 Å². The highest BCUT2D eigenvalue weighted by Crippen LogP contribution is 2.25. The van der Waals surface area contributed by atoms with Gasteiger partial charge in [-0.15, -0.1) is 0 Å². The molecule has 0 aromatic heterocycles. The van der Waals surface area contributed by atoms with Crippen LogP contribution in [0.1, 0.15) is 74.2 Å². The fraction of sp³-hybridized carbons (Fsp3) is 0.348. The Morgan fingerprint density at radius 3 is 2.08 bits per heavy atom. The zero-order chi connectivity index (χ0) is 18.2. The minimum Gasteiger partial charge on any atom is -0.298 e. The molecule has 0 unspecified atom stereocenters. The fourth-order valence-corrected chi connectivity index (χ4v) is 2.38. The molecule has 0 aliphatic carbocycles. The largest absolute Gasteiger partial charge is 0.298 e. The molecule has 0 bridgehead atoms. The van der Waals surface area contributed by atoms with Gasteiger partial charge in [-0.25, -0.2) is 0 Å². The average Bonchev–Trinajstić information content (AvgIpc) is 2.60. The van der Waals surface area contributed by atoms with Gasteiger partial charge in [-0.1, -0.05) is 84.0 Å². The Balaban J connectivity index is 0.00000139. The molecule has 0 heterocycles. The van der Waals surface area contributed by atoms with Crippen molar-refractivity contribution in [2.24, 2.45) is 0 Å². The number of carbonyl (C=O) groups excluding carboxylic acids is 1. The molecule has 128 valence electrons. The summed E-state index contributed by atoms with van der Waals surface area (Å²) in [6.07, 6.45) is 6.15. The lowest BCUT2D eigenvalue weighted by molar-refractivity contribution is 0.112. The van der Waals surface area contributed by atoms with Crippen LogP contribution in [0.4, 0.5) is 0 Å². The van der Waals surface area contributed by atoms with Gasteiger partial charge < -0.3 is 0 Å². The molecule has 1 heteroatoms. The smallest absolute Gasteiger partial charge is 0.150 e. The summed E-state index contributed by atoms with van der Waals surface area (Å²) in [7, 11) is 0. The van der Waals surface area contributed by atoms with Crippen LogP contribution in [0, 0.1) is 0 Å². The number of aryl methyl sites for hydroxylation is 1. The van der Waals surface area contributed by atoms with E-state index in [1.807, 2.05) is 26.0 Å². The minimum absolute atomic E-state index is 0.0315. The van der Waals surface area contributed by atoms with Gasteiger partial charge in [-0.05, 0) is 46.2 Å². The van der Waals surface area contributed by atoms with E-state index in [1.165, 1.54) is 16.7 Å². The fourth-order valence-electron chi connectivity index (χ4n) is 2.38. The maximum absolute atomic E-state index is 11.2. The molecule has 0 saturated heterocycles. The molecule has 0 spiro atoms. The van der Waals surface area contributed by atoms with E-state index in [0.29, 0.717) is 0 Å². The molecule has 24 heavy (non-hydrogen) atoms. The molecule has 0 aliphatic heterocycles. The van der Waals surface area contributed by atoms with Crippen molar-refractivity contribution in [3.63, 3.8) is 0 Å². The number of aldehydes is 1. The van der Waals surface area contributed by atoms with E-state index < -0.39 is 0 Å². The normalized spacial score (nSPS) is 11.1. The quantitative estimate of drug-likeness (QED) is 0.460. The zero-order valence-corrected chi connectivity index (χ0v) is 15.9. The highest BCUT2D eigenvalue weighted by molar-refractivity contribution is 5.79. The second-order valence-corrected chi connectivity index (χ2v) is 6.69. The average molecular weight is 322 g/mol. The van der Waals surface area contributed by atoms with Gasteiger partial charge in [0, 0.05) is 5.56 Å². The lowest BCUT2D eigenvalue weighted by Gasteiger charge is -2.20. The summed E-state index contributed by atoms with van der Waals surface area (Å²) in [4.78, 5) is 11.2. The molecule has 0 N–H and O–H groups in total. The van der Waals surface area contributed by atoms with Crippen molar-refractivity contribution in [1.82, 2.24) is 0 Å². The highest BCUT2D eigenvalue weighted by atomic mass is 16.1. The van der Waals surface area contributed by atoms with Gasteiger partial charge in [0.2, 0.25) is 0 Å². The Morgan fingerprint density at radius 2 is 1.50 bits per heavy atom. The van der Waals surface area contributed by atoms with Crippen molar-refractivity contribution < 1.29 is 4.79 Å². The SMILES string of the molecule is CC.CCc1cccc(/C=C/c2cc(C=O)cc(C(C)(C)C)c2)c1. The number of rotatable bonds is 4. The van der Waals surface area contributed by atoms with Crippen molar-refractivity contribution in [3.8, 4) is 0 Å². The monoisotopic (exact) mass is 322 g/mol. The topological polar surface area (TPSA) is 17.1 Å². The molecule has 0 fully saturated rings. The van der Waals surface area contributed by atoms with E-state index in [1.54, 1.807) is 0 Å².